The molecule has 11 heteroatoms. The van der Waals surface area contributed by atoms with E-state index < -0.39 is 6.43 Å². The average Bonchev–Trinajstić information content (AvgIpc) is 3.36. The zero-order valence-corrected chi connectivity index (χ0v) is 22.0. The molecule has 0 radical (unpaired) electrons. The molecule has 2 aliphatic rings. The average molecular weight is 511 g/mol. The van der Waals surface area contributed by atoms with E-state index in [4.69, 9.17) is 0 Å². The fourth-order valence-corrected chi connectivity index (χ4v) is 5.77. The largest absolute Gasteiger partial charge is 0.355 e. The standard InChI is InChI=1S/C26H32F2N8O/c1-25(2)10-16(11-26(3,4)33-25)35(6)20-7-8-21(31-30-20)36-14-19-17(24(36)37)9-15(12-29-19)18-13-34(5)32-22(18)23(27)28/h7-9,12-13,16,23,33H,10-11,14H2,1-6H3. The van der Waals surface area contributed by atoms with Crippen LogP contribution in [-0.2, 0) is 13.6 Å². The topological polar surface area (TPSA) is 92.1 Å². The number of rotatable bonds is 5. The van der Waals surface area contributed by atoms with Crippen LogP contribution in [0.4, 0.5) is 20.4 Å². The first-order chi connectivity index (χ1) is 17.3. The van der Waals surface area contributed by atoms with E-state index in [2.05, 4.69) is 58.2 Å². The number of piperidine rings is 1. The van der Waals surface area contributed by atoms with Crippen LogP contribution in [0.15, 0.2) is 30.6 Å². The summed E-state index contributed by atoms with van der Waals surface area (Å²) >= 11 is 0. The highest BCUT2D eigenvalue weighted by Crippen LogP contribution is 2.35. The van der Waals surface area contributed by atoms with Gasteiger partial charge < -0.3 is 10.2 Å². The number of nitrogens with zero attached hydrogens (tertiary/aromatic N) is 7. The quantitative estimate of drug-likeness (QED) is 0.552. The predicted molar refractivity (Wildman–Crippen MR) is 137 cm³/mol. The number of aryl methyl sites for hydroxylation is 1. The van der Waals surface area contributed by atoms with Gasteiger partial charge in [0, 0.05) is 54.7 Å². The van der Waals surface area contributed by atoms with Crippen LogP contribution in [0.1, 0.15) is 68.7 Å². The highest BCUT2D eigenvalue weighted by molar-refractivity contribution is 6.09. The molecule has 0 spiro atoms. The normalized spacial score (nSPS) is 18.9. The van der Waals surface area contributed by atoms with Gasteiger partial charge in [-0.2, -0.15) is 5.10 Å². The monoisotopic (exact) mass is 510 g/mol. The van der Waals surface area contributed by atoms with Gasteiger partial charge in [-0.3, -0.25) is 19.4 Å². The van der Waals surface area contributed by atoms with Crippen molar-refractivity contribution in [2.24, 2.45) is 7.05 Å². The molecule has 1 N–H and O–H groups in total. The van der Waals surface area contributed by atoms with Crippen LogP contribution in [0, 0.1) is 0 Å². The molecule has 3 aromatic heterocycles. The van der Waals surface area contributed by atoms with E-state index in [1.807, 2.05) is 13.1 Å². The number of carbonyl (C=O) groups excluding carboxylic acids is 1. The van der Waals surface area contributed by atoms with Gasteiger partial charge in [-0.05, 0) is 58.7 Å². The molecule has 9 nitrogen and oxygen atoms in total. The third-order valence-corrected chi connectivity index (χ3v) is 7.12. The SMILES string of the molecule is CN(c1ccc(N2Cc3ncc(-c4cn(C)nc4C(F)F)cc3C2=O)nn1)C1CC(C)(C)NC(C)(C)C1. The molecule has 0 unspecified atom stereocenters. The van der Waals surface area contributed by atoms with E-state index in [0.29, 0.717) is 22.6 Å². The molecule has 1 amide bonds. The summed E-state index contributed by atoms with van der Waals surface area (Å²) in [7, 11) is 3.61. The number of nitrogens with one attached hydrogen (secondary N) is 1. The van der Waals surface area contributed by atoms with E-state index >= 15 is 0 Å². The Kier molecular flexibility index (Phi) is 6.01. The van der Waals surface area contributed by atoms with Crippen molar-refractivity contribution in [3.8, 4) is 11.1 Å². The highest BCUT2D eigenvalue weighted by atomic mass is 19.3. The molecular formula is C26H32F2N8O. The Balaban J connectivity index is 1.35. The second-order valence-electron chi connectivity index (χ2n) is 11.3. The molecule has 2 aliphatic heterocycles. The molecule has 0 aromatic carbocycles. The van der Waals surface area contributed by atoms with Crippen molar-refractivity contribution in [1.29, 1.82) is 0 Å². The fourth-order valence-electron chi connectivity index (χ4n) is 5.77. The van der Waals surface area contributed by atoms with Gasteiger partial charge in [0.2, 0.25) is 0 Å². The minimum Gasteiger partial charge on any atom is -0.355 e. The van der Waals surface area contributed by atoms with Crippen molar-refractivity contribution in [2.75, 3.05) is 16.8 Å². The van der Waals surface area contributed by atoms with Gasteiger partial charge in [-0.1, -0.05) is 0 Å². The second kappa shape index (κ2) is 8.83. The summed E-state index contributed by atoms with van der Waals surface area (Å²) in [6, 6.07) is 5.56. The maximum Gasteiger partial charge on any atom is 0.282 e. The summed E-state index contributed by atoms with van der Waals surface area (Å²) in [4.78, 5) is 21.3. The molecule has 37 heavy (non-hydrogen) atoms. The van der Waals surface area contributed by atoms with Crippen molar-refractivity contribution in [2.45, 2.75) is 70.6 Å². The minimum absolute atomic E-state index is 0.000459. The lowest BCUT2D eigenvalue weighted by Crippen LogP contribution is -2.62. The van der Waals surface area contributed by atoms with Crippen molar-refractivity contribution < 1.29 is 13.6 Å². The number of fused-ring (bicyclic) bond motifs is 1. The summed E-state index contributed by atoms with van der Waals surface area (Å²) in [5.74, 6) is 0.870. The molecule has 1 fully saturated rings. The highest BCUT2D eigenvalue weighted by Gasteiger charge is 2.39. The number of hydrogen-bond acceptors (Lipinski definition) is 7. The smallest absolute Gasteiger partial charge is 0.282 e. The first-order valence-corrected chi connectivity index (χ1v) is 12.3. The Morgan fingerprint density at radius 2 is 1.81 bits per heavy atom. The van der Waals surface area contributed by atoms with Crippen LogP contribution in [0.3, 0.4) is 0 Å². The van der Waals surface area contributed by atoms with Crippen LogP contribution >= 0.6 is 0 Å². The van der Waals surface area contributed by atoms with Crippen molar-refractivity contribution in [3.63, 3.8) is 0 Å². The third-order valence-electron chi connectivity index (χ3n) is 7.12. The van der Waals surface area contributed by atoms with Gasteiger partial charge in [-0.25, -0.2) is 8.78 Å². The number of alkyl halides is 2. The summed E-state index contributed by atoms with van der Waals surface area (Å²) < 4.78 is 28.2. The van der Waals surface area contributed by atoms with Crippen LogP contribution < -0.4 is 15.1 Å². The fraction of sp³-hybridized carbons (Fsp3) is 0.500. The van der Waals surface area contributed by atoms with Gasteiger partial charge in [0.05, 0.1) is 17.8 Å². The maximum absolute atomic E-state index is 13.5. The molecular weight excluding hydrogens is 478 g/mol. The molecule has 5 heterocycles. The van der Waals surface area contributed by atoms with Gasteiger partial charge >= 0.3 is 0 Å². The van der Waals surface area contributed by atoms with Gasteiger partial charge in [0.25, 0.3) is 12.3 Å². The van der Waals surface area contributed by atoms with E-state index in [0.717, 1.165) is 18.7 Å². The number of amides is 1. The summed E-state index contributed by atoms with van der Waals surface area (Å²) in [6.45, 7) is 9.08. The van der Waals surface area contributed by atoms with E-state index in [1.165, 1.54) is 22.0 Å². The number of anilines is 2. The van der Waals surface area contributed by atoms with Gasteiger partial charge in [-0.15, -0.1) is 10.2 Å². The van der Waals surface area contributed by atoms with E-state index in [1.54, 1.807) is 19.2 Å². The Labute approximate surface area is 214 Å². The maximum atomic E-state index is 13.5. The molecule has 0 aliphatic carbocycles. The van der Waals surface area contributed by atoms with Crippen molar-refractivity contribution in [1.82, 2.24) is 30.3 Å². The Morgan fingerprint density at radius 1 is 1.11 bits per heavy atom. The summed E-state index contributed by atoms with van der Waals surface area (Å²) in [6.07, 6.45) is 2.21. The Bertz CT molecular complexity index is 1320. The van der Waals surface area contributed by atoms with Crippen LogP contribution in [0.25, 0.3) is 11.1 Å². The first kappa shape index (κ1) is 25.2. The minimum atomic E-state index is -2.73. The number of hydrogen-bond donors (Lipinski definition) is 1. The van der Waals surface area contributed by atoms with Crippen molar-refractivity contribution in [3.05, 3.63) is 47.5 Å². The van der Waals surface area contributed by atoms with E-state index in [-0.39, 0.29) is 40.8 Å². The predicted octanol–water partition coefficient (Wildman–Crippen LogP) is 4.12. The van der Waals surface area contributed by atoms with Gasteiger partial charge in [0.1, 0.15) is 5.69 Å². The lowest BCUT2D eigenvalue weighted by atomic mass is 9.79. The number of aromatic nitrogens is 5. The zero-order valence-electron chi connectivity index (χ0n) is 22.0. The number of halogens is 2. The number of carbonyl (C=O) groups is 1. The van der Waals surface area contributed by atoms with Gasteiger partial charge in [0.15, 0.2) is 11.6 Å². The Hall–Kier alpha value is -3.47. The first-order valence-electron chi connectivity index (χ1n) is 12.3. The van der Waals surface area contributed by atoms with E-state index in [9.17, 15) is 13.6 Å². The molecule has 5 rings (SSSR count). The molecule has 3 aromatic rings. The number of pyridine rings is 1. The lowest BCUT2D eigenvalue weighted by Gasteiger charge is -2.49. The molecule has 1 saturated heterocycles. The van der Waals surface area contributed by atoms with Crippen LogP contribution in [0.5, 0.6) is 0 Å². The lowest BCUT2D eigenvalue weighted by molar-refractivity contribution is 0.0995. The zero-order chi connectivity index (χ0) is 26.7. The molecule has 0 atom stereocenters. The second-order valence-corrected chi connectivity index (χ2v) is 11.3. The van der Waals surface area contributed by atoms with Crippen LogP contribution in [-0.4, -0.2) is 55.0 Å². The molecule has 196 valence electrons. The summed E-state index contributed by atoms with van der Waals surface area (Å²) in [5, 5.41) is 16.3. The van der Waals surface area contributed by atoms with Crippen LogP contribution in [0.2, 0.25) is 0 Å². The molecule has 0 saturated carbocycles. The molecule has 0 bridgehead atoms. The van der Waals surface area contributed by atoms with Crippen molar-refractivity contribution >= 4 is 17.5 Å². The summed E-state index contributed by atoms with van der Waals surface area (Å²) in [5.41, 5.74) is 1.28. The Morgan fingerprint density at radius 3 is 2.43 bits per heavy atom. The third kappa shape index (κ3) is 4.79.